The molecule has 0 saturated heterocycles. The van der Waals surface area contributed by atoms with Crippen LogP contribution in [-0.4, -0.2) is 18.8 Å². The highest BCUT2D eigenvalue weighted by molar-refractivity contribution is 4.88. The first-order valence-electron chi connectivity index (χ1n) is 5.99. The van der Waals surface area contributed by atoms with Gasteiger partial charge in [-0.3, -0.25) is 0 Å². The molecule has 14 heavy (non-hydrogen) atoms. The number of rotatable bonds is 6. The van der Waals surface area contributed by atoms with Crippen LogP contribution in [0.3, 0.4) is 0 Å². The maximum absolute atomic E-state index is 6.22. The summed E-state index contributed by atoms with van der Waals surface area (Å²) in [5.41, 5.74) is 6.33. The second-order valence-corrected chi connectivity index (χ2v) is 5.11. The van der Waals surface area contributed by atoms with Crippen LogP contribution in [0.1, 0.15) is 52.4 Å². The summed E-state index contributed by atoms with van der Waals surface area (Å²) in [6.07, 6.45) is 7.22. The van der Waals surface area contributed by atoms with E-state index in [0.717, 1.165) is 32.0 Å². The first-order chi connectivity index (χ1) is 6.62. The Bertz CT molecular complexity index is 150. The predicted molar refractivity (Wildman–Crippen MR) is 60.3 cm³/mol. The fourth-order valence-electron chi connectivity index (χ4n) is 2.03. The fraction of sp³-hybridized carbons (Fsp3) is 1.00. The Hall–Kier alpha value is -0.0800. The molecule has 1 rings (SSSR count). The van der Waals surface area contributed by atoms with Crippen LogP contribution >= 0.6 is 0 Å². The molecule has 0 radical (unpaired) electrons. The van der Waals surface area contributed by atoms with Crippen molar-refractivity contribution < 1.29 is 4.74 Å². The quantitative estimate of drug-likeness (QED) is 0.668. The van der Waals surface area contributed by atoms with E-state index in [0.29, 0.717) is 0 Å². The Morgan fingerprint density at radius 3 is 2.43 bits per heavy atom. The lowest BCUT2D eigenvalue weighted by molar-refractivity contribution is 0.106. The van der Waals surface area contributed by atoms with Crippen LogP contribution in [0.5, 0.6) is 0 Å². The standard InChI is InChI=1S/C12H25NO/c1-11(2)5-9-14-10-8-12(13)6-3-4-7-12/h11H,3-10,13H2,1-2H3. The molecule has 0 spiro atoms. The van der Waals surface area contributed by atoms with Gasteiger partial charge < -0.3 is 10.5 Å². The molecule has 0 heterocycles. The Balaban J connectivity index is 1.98. The maximum atomic E-state index is 6.22. The van der Waals surface area contributed by atoms with Crippen molar-refractivity contribution in [2.24, 2.45) is 11.7 Å². The van der Waals surface area contributed by atoms with Crippen molar-refractivity contribution >= 4 is 0 Å². The maximum Gasteiger partial charge on any atom is 0.0483 e. The van der Waals surface area contributed by atoms with E-state index >= 15 is 0 Å². The van der Waals surface area contributed by atoms with Gasteiger partial charge in [-0.1, -0.05) is 26.7 Å². The van der Waals surface area contributed by atoms with Gasteiger partial charge in [0, 0.05) is 18.8 Å². The molecule has 0 bridgehead atoms. The van der Waals surface area contributed by atoms with E-state index in [-0.39, 0.29) is 5.54 Å². The van der Waals surface area contributed by atoms with Crippen LogP contribution in [0.4, 0.5) is 0 Å². The summed E-state index contributed by atoms with van der Waals surface area (Å²) >= 11 is 0. The third-order valence-corrected chi connectivity index (χ3v) is 3.18. The first-order valence-corrected chi connectivity index (χ1v) is 5.99. The van der Waals surface area contributed by atoms with Gasteiger partial charge in [-0.15, -0.1) is 0 Å². The van der Waals surface area contributed by atoms with Gasteiger partial charge in [0.25, 0.3) is 0 Å². The van der Waals surface area contributed by atoms with E-state index in [4.69, 9.17) is 10.5 Å². The summed E-state index contributed by atoms with van der Waals surface area (Å²) in [6, 6.07) is 0. The van der Waals surface area contributed by atoms with Crippen LogP contribution in [-0.2, 0) is 4.74 Å². The van der Waals surface area contributed by atoms with E-state index in [1.807, 2.05) is 0 Å². The summed E-state index contributed by atoms with van der Waals surface area (Å²) in [6.45, 7) is 6.20. The van der Waals surface area contributed by atoms with Crippen LogP contribution in [0.15, 0.2) is 0 Å². The fourth-order valence-corrected chi connectivity index (χ4v) is 2.03. The molecule has 1 aliphatic rings. The van der Waals surface area contributed by atoms with Gasteiger partial charge >= 0.3 is 0 Å². The lowest BCUT2D eigenvalue weighted by atomic mass is 9.95. The molecule has 1 saturated carbocycles. The molecular formula is C12H25NO. The second-order valence-electron chi connectivity index (χ2n) is 5.11. The Kier molecular flexibility index (Phi) is 4.90. The van der Waals surface area contributed by atoms with Gasteiger partial charge in [0.1, 0.15) is 0 Å². The molecule has 1 fully saturated rings. The van der Waals surface area contributed by atoms with E-state index < -0.39 is 0 Å². The molecule has 0 amide bonds. The minimum atomic E-state index is 0.109. The normalized spacial score (nSPS) is 20.6. The molecule has 0 aromatic carbocycles. The summed E-state index contributed by atoms with van der Waals surface area (Å²) in [5, 5.41) is 0. The van der Waals surface area contributed by atoms with Crippen molar-refractivity contribution in [1.82, 2.24) is 0 Å². The van der Waals surface area contributed by atoms with Gasteiger partial charge in [-0.25, -0.2) is 0 Å². The molecule has 0 aliphatic heterocycles. The van der Waals surface area contributed by atoms with Crippen molar-refractivity contribution in [2.75, 3.05) is 13.2 Å². The van der Waals surface area contributed by atoms with Crippen molar-refractivity contribution in [1.29, 1.82) is 0 Å². The van der Waals surface area contributed by atoms with Crippen LogP contribution in [0.2, 0.25) is 0 Å². The summed E-state index contributed by atoms with van der Waals surface area (Å²) in [5.74, 6) is 0.744. The van der Waals surface area contributed by atoms with Crippen LogP contribution in [0, 0.1) is 5.92 Å². The smallest absolute Gasteiger partial charge is 0.0483 e. The Labute approximate surface area is 88.2 Å². The van der Waals surface area contributed by atoms with Gasteiger partial charge in [0.15, 0.2) is 0 Å². The Morgan fingerprint density at radius 2 is 1.86 bits per heavy atom. The Morgan fingerprint density at radius 1 is 1.21 bits per heavy atom. The SMILES string of the molecule is CC(C)CCOCCC1(N)CCCC1. The number of nitrogens with two attached hydrogens (primary N) is 1. The van der Waals surface area contributed by atoms with Crippen molar-refractivity contribution in [3.8, 4) is 0 Å². The first kappa shape index (κ1) is 12.0. The van der Waals surface area contributed by atoms with Gasteiger partial charge in [-0.2, -0.15) is 0 Å². The average molecular weight is 199 g/mol. The van der Waals surface area contributed by atoms with Crippen molar-refractivity contribution in [3.05, 3.63) is 0 Å². The van der Waals surface area contributed by atoms with E-state index in [1.165, 1.54) is 25.7 Å². The highest BCUT2D eigenvalue weighted by atomic mass is 16.5. The van der Waals surface area contributed by atoms with Crippen molar-refractivity contribution in [3.63, 3.8) is 0 Å². The lowest BCUT2D eigenvalue weighted by Crippen LogP contribution is -2.37. The van der Waals surface area contributed by atoms with Gasteiger partial charge in [-0.05, 0) is 31.6 Å². The third kappa shape index (κ3) is 4.43. The molecule has 2 N–H and O–H groups in total. The van der Waals surface area contributed by atoms with Crippen LogP contribution < -0.4 is 5.73 Å². The molecule has 0 aromatic rings. The van der Waals surface area contributed by atoms with E-state index in [9.17, 15) is 0 Å². The van der Waals surface area contributed by atoms with Crippen molar-refractivity contribution in [2.45, 2.75) is 57.9 Å². The van der Waals surface area contributed by atoms with Gasteiger partial charge in [0.2, 0.25) is 0 Å². The summed E-state index contributed by atoms with van der Waals surface area (Å²) in [7, 11) is 0. The second kappa shape index (κ2) is 5.72. The molecular weight excluding hydrogens is 174 g/mol. The topological polar surface area (TPSA) is 35.2 Å². The number of hydrogen-bond donors (Lipinski definition) is 1. The molecule has 0 aromatic heterocycles. The zero-order valence-electron chi connectivity index (χ0n) is 9.72. The molecule has 84 valence electrons. The minimum Gasteiger partial charge on any atom is -0.381 e. The highest BCUT2D eigenvalue weighted by Gasteiger charge is 2.28. The molecule has 1 aliphatic carbocycles. The monoisotopic (exact) mass is 199 g/mol. The predicted octanol–water partition coefficient (Wildman–Crippen LogP) is 2.71. The molecule has 2 nitrogen and oxygen atoms in total. The summed E-state index contributed by atoms with van der Waals surface area (Å²) < 4.78 is 5.59. The van der Waals surface area contributed by atoms with E-state index in [1.54, 1.807) is 0 Å². The molecule has 0 atom stereocenters. The van der Waals surface area contributed by atoms with E-state index in [2.05, 4.69) is 13.8 Å². The lowest BCUT2D eigenvalue weighted by Gasteiger charge is -2.23. The molecule has 2 heteroatoms. The summed E-state index contributed by atoms with van der Waals surface area (Å²) in [4.78, 5) is 0. The number of ether oxygens (including phenoxy) is 1. The molecule has 0 unspecified atom stereocenters. The highest BCUT2D eigenvalue weighted by Crippen LogP contribution is 2.29. The zero-order chi connectivity index (χ0) is 10.4. The average Bonchev–Trinajstić information content (AvgIpc) is 2.51. The zero-order valence-corrected chi connectivity index (χ0v) is 9.72. The minimum absolute atomic E-state index is 0.109. The third-order valence-electron chi connectivity index (χ3n) is 3.18. The number of hydrogen-bond acceptors (Lipinski definition) is 2. The van der Waals surface area contributed by atoms with Gasteiger partial charge in [0.05, 0.1) is 0 Å². The van der Waals surface area contributed by atoms with Crippen LogP contribution in [0.25, 0.3) is 0 Å². The largest absolute Gasteiger partial charge is 0.381 e.